The Labute approximate surface area is 127 Å². The second kappa shape index (κ2) is 5.65. The monoisotopic (exact) mass is 310 g/mol. The second-order valence-electron chi connectivity index (χ2n) is 5.74. The van der Waals surface area contributed by atoms with E-state index in [-0.39, 0.29) is 28.6 Å². The van der Waals surface area contributed by atoms with E-state index in [0.717, 1.165) is 0 Å². The number of hydrogen-bond acceptors (Lipinski definition) is 5. The third-order valence-electron chi connectivity index (χ3n) is 4.16. The first-order valence-corrected chi connectivity index (χ1v) is 7.81. The summed E-state index contributed by atoms with van der Waals surface area (Å²) in [7, 11) is 0. The van der Waals surface area contributed by atoms with Crippen LogP contribution in [0.2, 0.25) is 0 Å². The Morgan fingerprint density at radius 1 is 1.52 bits per heavy atom. The lowest BCUT2D eigenvalue weighted by molar-refractivity contribution is -0.387. The van der Waals surface area contributed by atoms with Crippen LogP contribution in [0.3, 0.4) is 0 Å². The minimum Gasteiger partial charge on any atom is -0.392 e. The first-order chi connectivity index (χ1) is 9.77. The van der Waals surface area contributed by atoms with Crippen molar-refractivity contribution in [2.75, 3.05) is 6.26 Å². The molecule has 0 aromatic heterocycles. The number of nitrogens with one attached hydrogen (secondary N) is 1. The van der Waals surface area contributed by atoms with Crippen LogP contribution in [0.15, 0.2) is 23.1 Å². The summed E-state index contributed by atoms with van der Waals surface area (Å²) in [6.45, 7) is 3.76. The summed E-state index contributed by atoms with van der Waals surface area (Å²) >= 11 is 1.27. The van der Waals surface area contributed by atoms with E-state index in [1.54, 1.807) is 18.4 Å². The second-order valence-corrected chi connectivity index (χ2v) is 6.59. The molecule has 1 aromatic rings. The number of nitro benzene ring substituents is 1. The number of hydrogen-bond donors (Lipinski definition) is 2. The predicted molar refractivity (Wildman–Crippen MR) is 80.5 cm³/mol. The summed E-state index contributed by atoms with van der Waals surface area (Å²) in [5, 5.41) is 23.5. The van der Waals surface area contributed by atoms with Gasteiger partial charge in [-0.1, -0.05) is 13.8 Å². The van der Waals surface area contributed by atoms with Crippen LogP contribution in [0.1, 0.15) is 30.6 Å². The van der Waals surface area contributed by atoms with Gasteiger partial charge in [0, 0.05) is 23.1 Å². The lowest BCUT2D eigenvalue weighted by atomic mass is 9.64. The van der Waals surface area contributed by atoms with Crippen LogP contribution < -0.4 is 5.32 Å². The van der Waals surface area contributed by atoms with Crippen molar-refractivity contribution in [3.63, 3.8) is 0 Å². The topological polar surface area (TPSA) is 92.5 Å². The van der Waals surface area contributed by atoms with Gasteiger partial charge in [0.15, 0.2) is 0 Å². The third-order valence-corrected chi connectivity index (χ3v) is 4.94. The molecule has 1 amide bonds. The Morgan fingerprint density at radius 2 is 2.19 bits per heavy atom. The lowest BCUT2D eigenvalue weighted by Crippen LogP contribution is -2.61. The Hall–Kier alpha value is -1.60. The van der Waals surface area contributed by atoms with Crippen molar-refractivity contribution in [2.45, 2.75) is 37.3 Å². The minimum absolute atomic E-state index is 0.0666. The van der Waals surface area contributed by atoms with Gasteiger partial charge in [-0.15, -0.1) is 11.8 Å². The lowest BCUT2D eigenvalue weighted by Gasteiger charge is -2.49. The highest BCUT2D eigenvalue weighted by Crippen LogP contribution is 2.40. The van der Waals surface area contributed by atoms with Gasteiger partial charge in [0.05, 0.1) is 15.9 Å². The van der Waals surface area contributed by atoms with E-state index >= 15 is 0 Å². The van der Waals surface area contributed by atoms with Crippen LogP contribution >= 0.6 is 11.8 Å². The van der Waals surface area contributed by atoms with E-state index in [0.29, 0.717) is 11.3 Å². The summed E-state index contributed by atoms with van der Waals surface area (Å²) in [4.78, 5) is 23.3. The van der Waals surface area contributed by atoms with E-state index in [1.165, 1.54) is 17.8 Å². The molecule has 0 aliphatic heterocycles. The molecule has 0 bridgehead atoms. The molecule has 1 aliphatic carbocycles. The molecule has 1 aromatic carbocycles. The van der Waals surface area contributed by atoms with Crippen molar-refractivity contribution < 1.29 is 14.8 Å². The number of aliphatic hydroxyl groups excluding tert-OH is 1. The fourth-order valence-corrected chi connectivity index (χ4v) is 2.91. The molecular formula is C14H18N2O4S. The van der Waals surface area contributed by atoms with E-state index in [1.807, 2.05) is 13.8 Å². The van der Waals surface area contributed by atoms with E-state index < -0.39 is 11.0 Å². The number of carbonyl (C=O) groups is 1. The van der Waals surface area contributed by atoms with Gasteiger partial charge in [0.1, 0.15) is 0 Å². The van der Waals surface area contributed by atoms with Gasteiger partial charge in [-0.05, 0) is 24.8 Å². The fraction of sp³-hybridized carbons (Fsp3) is 0.500. The Kier molecular flexibility index (Phi) is 4.25. The number of nitro groups is 1. The van der Waals surface area contributed by atoms with Gasteiger partial charge in [0.2, 0.25) is 0 Å². The van der Waals surface area contributed by atoms with Crippen LogP contribution in [-0.4, -0.2) is 34.3 Å². The van der Waals surface area contributed by atoms with Gasteiger partial charge in [-0.25, -0.2) is 0 Å². The van der Waals surface area contributed by atoms with Crippen molar-refractivity contribution >= 4 is 23.4 Å². The van der Waals surface area contributed by atoms with Crippen LogP contribution in [0.25, 0.3) is 0 Å². The molecule has 1 fully saturated rings. The van der Waals surface area contributed by atoms with Gasteiger partial charge in [-0.3, -0.25) is 14.9 Å². The zero-order chi connectivity index (χ0) is 15.8. The first-order valence-electron chi connectivity index (χ1n) is 6.58. The number of carbonyl (C=O) groups excluding carboxylic acids is 1. The van der Waals surface area contributed by atoms with Crippen LogP contribution in [-0.2, 0) is 0 Å². The summed E-state index contributed by atoms with van der Waals surface area (Å²) < 4.78 is 0. The Morgan fingerprint density at radius 3 is 2.67 bits per heavy atom. The predicted octanol–water partition coefficient (Wildman–Crippen LogP) is 2.21. The molecule has 2 atom stereocenters. The summed E-state index contributed by atoms with van der Waals surface area (Å²) in [6.07, 6.45) is 1.82. The van der Waals surface area contributed by atoms with Crippen molar-refractivity contribution in [1.82, 2.24) is 5.32 Å². The van der Waals surface area contributed by atoms with Crippen LogP contribution in [0, 0.1) is 15.5 Å². The van der Waals surface area contributed by atoms with E-state index in [9.17, 15) is 20.0 Å². The largest absolute Gasteiger partial charge is 0.392 e. The fourth-order valence-electron chi connectivity index (χ4n) is 2.36. The molecule has 0 spiro atoms. The third kappa shape index (κ3) is 2.89. The average Bonchev–Trinajstić information content (AvgIpc) is 2.45. The molecule has 0 radical (unpaired) electrons. The normalized spacial score (nSPS) is 23.2. The maximum Gasteiger partial charge on any atom is 0.283 e. The molecular weight excluding hydrogens is 292 g/mol. The molecule has 0 saturated heterocycles. The number of nitrogens with zero attached hydrogens (tertiary/aromatic N) is 1. The number of aliphatic hydroxyl groups is 1. The van der Waals surface area contributed by atoms with E-state index in [4.69, 9.17) is 0 Å². The molecule has 6 nitrogen and oxygen atoms in total. The quantitative estimate of drug-likeness (QED) is 0.505. The maximum atomic E-state index is 12.2. The average molecular weight is 310 g/mol. The molecule has 114 valence electrons. The smallest absolute Gasteiger partial charge is 0.283 e. The minimum atomic E-state index is -0.486. The molecule has 2 rings (SSSR count). The van der Waals surface area contributed by atoms with Crippen molar-refractivity contribution in [3.8, 4) is 0 Å². The maximum absolute atomic E-state index is 12.2. The molecule has 1 saturated carbocycles. The van der Waals surface area contributed by atoms with Crippen LogP contribution in [0.5, 0.6) is 0 Å². The molecule has 2 unspecified atom stereocenters. The van der Waals surface area contributed by atoms with Gasteiger partial charge < -0.3 is 10.4 Å². The molecule has 21 heavy (non-hydrogen) atoms. The standard InChI is InChI=1S/C14H18N2O4S/c1-14(2)11(7-12(14)17)15-13(18)8-4-5-10(21-3)9(6-8)16(19)20/h4-6,11-12,17H,7H2,1-3H3,(H,15,18). The highest BCUT2D eigenvalue weighted by molar-refractivity contribution is 7.98. The van der Waals surface area contributed by atoms with Crippen molar-refractivity contribution in [2.24, 2.45) is 5.41 Å². The molecule has 2 N–H and O–H groups in total. The number of rotatable bonds is 4. The zero-order valence-corrected chi connectivity index (χ0v) is 12.9. The Bertz CT molecular complexity index is 588. The highest BCUT2D eigenvalue weighted by atomic mass is 32.2. The Balaban J connectivity index is 2.17. The molecule has 7 heteroatoms. The van der Waals surface area contributed by atoms with Crippen LogP contribution in [0.4, 0.5) is 5.69 Å². The number of benzene rings is 1. The number of amides is 1. The van der Waals surface area contributed by atoms with Gasteiger partial charge in [-0.2, -0.15) is 0 Å². The molecule has 0 heterocycles. The zero-order valence-electron chi connectivity index (χ0n) is 12.1. The summed E-state index contributed by atoms with van der Waals surface area (Å²) in [6, 6.07) is 4.33. The number of thioether (sulfide) groups is 1. The van der Waals surface area contributed by atoms with Gasteiger partial charge >= 0.3 is 0 Å². The SMILES string of the molecule is CSc1ccc(C(=O)NC2CC(O)C2(C)C)cc1[N+](=O)[O-]. The summed E-state index contributed by atoms with van der Waals surface area (Å²) in [5.74, 6) is -0.351. The highest BCUT2D eigenvalue weighted by Gasteiger charge is 2.48. The summed E-state index contributed by atoms with van der Waals surface area (Å²) in [5.41, 5.74) is -0.180. The van der Waals surface area contributed by atoms with Crippen molar-refractivity contribution in [3.05, 3.63) is 33.9 Å². The van der Waals surface area contributed by atoms with Gasteiger partial charge in [0.25, 0.3) is 11.6 Å². The first kappa shape index (κ1) is 15.8. The van der Waals surface area contributed by atoms with Crippen molar-refractivity contribution in [1.29, 1.82) is 0 Å². The molecule has 1 aliphatic rings. The van der Waals surface area contributed by atoms with E-state index in [2.05, 4.69) is 5.32 Å².